The third-order valence-electron chi connectivity index (χ3n) is 7.48. The van der Waals surface area contributed by atoms with E-state index in [0.717, 1.165) is 12.8 Å². The summed E-state index contributed by atoms with van der Waals surface area (Å²) in [6.07, 6.45) is 9.71. The number of methoxy groups -OCH3 is 1. The van der Waals surface area contributed by atoms with E-state index < -0.39 is 0 Å². The maximum atomic E-state index is 11.8. The average Bonchev–Trinajstić information content (AvgIpc) is 2.83. The molecule has 0 heterocycles. The van der Waals surface area contributed by atoms with Crippen LogP contribution in [0.15, 0.2) is 23.8 Å². The van der Waals surface area contributed by atoms with Gasteiger partial charge in [0.05, 0.1) is 13.7 Å². The Balaban J connectivity index is 1.94. The summed E-state index contributed by atoms with van der Waals surface area (Å²) in [6.45, 7) is 9.02. The van der Waals surface area contributed by atoms with Crippen molar-refractivity contribution in [2.45, 2.75) is 58.8 Å². The SMILES string of the molecule is C=C(C)[C@@H]1CC[C@@]23C=C(CO)[C@H](CC[C@@H]2[C@@]1(C)CCC(=O)OC)C3. The molecule has 0 unspecified atom stereocenters. The number of ether oxygens (including phenoxy) is 1. The first-order chi connectivity index (χ1) is 11.4. The summed E-state index contributed by atoms with van der Waals surface area (Å²) in [4.78, 5) is 11.8. The van der Waals surface area contributed by atoms with Crippen molar-refractivity contribution in [1.29, 1.82) is 0 Å². The molecule has 5 atom stereocenters. The Hall–Kier alpha value is -1.09. The van der Waals surface area contributed by atoms with E-state index in [0.29, 0.717) is 24.2 Å². The minimum Gasteiger partial charge on any atom is -0.469 e. The number of aliphatic hydroxyl groups is 1. The van der Waals surface area contributed by atoms with Gasteiger partial charge in [0, 0.05) is 6.42 Å². The zero-order valence-electron chi connectivity index (χ0n) is 15.4. The van der Waals surface area contributed by atoms with Crippen LogP contribution in [-0.2, 0) is 9.53 Å². The van der Waals surface area contributed by atoms with E-state index in [-0.39, 0.29) is 23.4 Å². The van der Waals surface area contributed by atoms with Gasteiger partial charge in [0.25, 0.3) is 0 Å². The highest BCUT2D eigenvalue weighted by atomic mass is 16.5. The predicted octanol–water partition coefficient (Wildman–Crippen LogP) is 4.27. The van der Waals surface area contributed by atoms with Gasteiger partial charge in [-0.2, -0.15) is 0 Å². The number of carbonyl (C=O) groups excluding carboxylic acids is 1. The van der Waals surface area contributed by atoms with E-state index in [4.69, 9.17) is 4.74 Å². The molecule has 134 valence electrons. The first-order valence-electron chi connectivity index (χ1n) is 9.41. The summed E-state index contributed by atoms with van der Waals surface area (Å²) >= 11 is 0. The van der Waals surface area contributed by atoms with Crippen molar-refractivity contribution in [2.75, 3.05) is 13.7 Å². The number of carbonyl (C=O) groups is 1. The second-order valence-electron chi connectivity index (χ2n) is 8.66. The highest BCUT2D eigenvalue weighted by molar-refractivity contribution is 5.69. The van der Waals surface area contributed by atoms with Gasteiger partial charge in [0.1, 0.15) is 0 Å². The highest BCUT2D eigenvalue weighted by Gasteiger charge is 2.58. The third kappa shape index (κ3) is 2.65. The molecule has 0 aliphatic heterocycles. The number of rotatable bonds is 5. The Labute approximate surface area is 146 Å². The average molecular weight is 332 g/mol. The van der Waals surface area contributed by atoms with E-state index in [1.165, 1.54) is 43.9 Å². The topological polar surface area (TPSA) is 46.5 Å². The van der Waals surface area contributed by atoms with Gasteiger partial charge in [-0.05, 0) is 79.6 Å². The smallest absolute Gasteiger partial charge is 0.305 e. The number of esters is 1. The van der Waals surface area contributed by atoms with Crippen molar-refractivity contribution >= 4 is 5.97 Å². The van der Waals surface area contributed by atoms with E-state index in [2.05, 4.69) is 26.5 Å². The Kier molecular flexibility index (Phi) is 4.67. The molecule has 3 aliphatic rings. The normalized spacial score (nSPS) is 40.7. The highest BCUT2D eigenvalue weighted by Crippen LogP contribution is 2.67. The number of aliphatic hydroxyl groups excluding tert-OH is 1. The van der Waals surface area contributed by atoms with E-state index in [1.807, 2.05) is 0 Å². The van der Waals surface area contributed by atoms with Gasteiger partial charge < -0.3 is 9.84 Å². The third-order valence-corrected chi connectivity index (χ3v) is 7.48. The minimum atomic E-state index is -0.108. The molecule has 24 heavy (non-hydrogen) atoms. The maximum Gasteiger partial charge on any atom is 0.305 e. The van der Waals surface area contributed by atoms with Crippen LogP contribution in [0.5, 0.6) is 0 Å². The van der Waals surface area contributed by atoms with Crippen molar-refractivity contribution in [1.82, 2.24) is 0 Å². The maximum absolute atomic E-state index is 11.8. The lowest BCUT2D eigenvalue weighted by molar-refractivity contribution is -0.143. The van der Waals surface area contributed by atoms with Crippen molar-refractivity contribution in [3.63, 3.8) is 0 Å². The number of fused-ring (bicyclic) bond motifs is 1. The van der Waals surface area contributed by atoms with Crippen LogP contribution in [0.2, 0.25) is 0 Å². The molecule has 1 N–H and O–H groups in total. The summed E-state index contributed by atoms with van der Waals surface area (Å²) in [5, 5.41) is 9.73. The van der Waals surface area contributed by atoms with Crippen LogP contribution in [0.3, 0.4) is 0 Å². The van der Waals surface area contributed by atoms with E-state index in [1.54, 1.807) is 0 Å². The summed E-state index contributed by atoms with van der Waals surface area (Å²) in [5.74, 6) is 1.52. The summed E-state index contributed by atoms with van der Waals surface area (Å²) in [7, 11) is 1.47. The quantitative estimate of drug-likeness (QED) is 0.604. The minimum absolute atomic E-state index is 0.0879. The zero-order chi connectivity index (χ0) is 17.5. The van der Waals surface area contributed by atoms with Crippen LogP contribution in [0.25, 0.3) is 0 Å². The van der Waals surface area contributed by atoms with Crippen LogP contribution in [0.1, 0.15) is 58.8 Å². The molecular weight excluding hydrogens is 300 g/mol. The molecule has 2 saturated carbocycles. The van der Waals surface area contributed by atoms with Gasteiger partial charge in [0.2, 0.25) is 0 Å². The standard InChI is InChI=1S/C21H32O3/c1-14(2)17-7-10-21-11-15(16(12-21)13-22)5-6-18(21)20(17,3)9-8-19(23)24-4/h12,15,17-18,22H,1,5-11,13H2,2-4H3/t15-,17+,18-,20+,21-/m1/s1. The number of allylic oxidation sites excluding steroid dienone is 2. The van der Waals surface area contributed by atoms with Gasteiger partial charge in [-0.25, -0.2) is 0 Å². The summed E-state index contributed by atoms with van der Waals surface area (Å²) < 4.78 is 4.91. The number of hydrogen-bond acceptors (Lipinski definition) is 3. The predicted molar refractivity (Wildman–Crippen MR) is 95.3 cm³/mol. The Morgan fingerprint density at radius 1 is 1.42 bits per heavy atom. The lowest BCUT2D eigenvalue weighted by Crippen LogP contribution is -2.50. The molecule has 1 spiro atoms. The molecule has 2 bridgehead atoms. The molecule has 0 aromatic rings. The molecular formula is C21H32O3. The Morgan fingerprint density at radius 3 is 2.79 bits per heavy atom. The van der Waals surface area contributed by atoms with Crippen molar-refractivity contribution in [3.8, 4) is 0 Å². The largest absolute Gasteiger partial charge is 0.469 e. The van der Waals surface area contributed by atoms with Crippen molar-refractivity contribution < 1.29 is 14.6 Å². The van der Waals surface area contributed by atoms with E-state index in [9.17, 15) is 9.90 Å². The van der Waals surface area contributed by atoms with Gasteiger partial charge in [0.15, 0.2) is 0 Å². The number of hydrogen-bond donors (Lipinski definition) is 1. The van der Waals surface area contributed by atoms with Crippen LogP contribution in [0, 0.1) is 28.6 Å². The van der Waals surface area contributed by atoms with Crippen molar-refractivity contribution in [3.05, 3.63) is 23.8 Å². The molecule has 3 heteroatoms. The first-order valence-corrected chi connectivity index (χ1v) is 9.41. The first kappa shape index (κ1) is 17.7. The van der Waals surface area contributed by atoms with Crippen LogP contribution >= 0.6 is 0 Å². The fraction of sp³-hybridized carbons (Fsp3) is 0.762. The lowest BCUT2D eigenvalue weighted by atomic mass is 9.46. The summed E-state index contributed by atoms with van der Waals surface area (Å²) in [5.41, 5.74) is 2.84. The zero-order valence-corrected chi connectivity index (χ0v) is 15.4. The summed E-state index contributed by atoms with van der Waals surface area (Å²) in [6, 6.07) is 0. The van der Waals surface area contributed by atoms with Gasteiger partial charge in [-0.3, -0.25) is 4.79 Å². The molecule has 2 fully saturated rings. The van der Waals surface area contributed by atoms with Crippen LogP contribution < -0.4 is 0 Å². The van der Waals surface area contributed by atoms with Crippen LogP contribution in [0.4, 0.5) is 0 Å². The van der Waals surface area contributed by atoms with Crippen molar-refractivity contribution in [2.24, 2.45) is 28.6 Å². The molecule has 0 radical (unpaired) electrons. The molecule has 0 aromatic carbocycles. The lowest BCUT2D eigenvalue weighted by Gasteiger charge is -2.58. The molecule has 3 aliphatic carbocycles. The fourth-order valence-electron chi connectivity index (χ4n) is 6.45. The molecule has 3 nitrogen and oxygen atoms in total. The molecule has 0 saturated heterocycles. The second-order valence-corrected chi connectivity index (χ2v) is 8.66. The van der Waals surface area contributed by atoms with Gasteiger partial charge in [-0.15, -0.1) is 0 Å². The Bertz CT molecular complexity index is 563. The molecule has 3 rings (SSSR count). The second kappa shape index (κ2) is 6.33. The Morgan fingerprint density at radius 2 is 2.17 bits per heavy atom. The molecule has 0 aromatic heterocycles. The van der Waals surface area contributed by atoms with E-state index >= 15 is 0 Å². The van der Waals surface area contributed by atoms with Gasteiger partial charge >= 0.3 is 5.97 Å². The van der Waals surface area contributed by atoms with Gasteiger partial charge in [-0.1, -0.05) is 25.2 Å². The fourth-order valence-corrected chi connectivity index (χ4v) is 6.45. The van der Waals surface area contributed by atoms with Crippen LogP contribution in [-0.4, -0.2) is 24.8 Å². The molecule has 0 amide bonds. The monoisotopic (exact) mass is 332 g/mol.